The first-order chi connectivity index (χ1) is 9.33. The number of aromatic nitrogens is 1. The number of benzene rings is 1. The normalized spacial score (nSPS) is 12.1. The number of rotatable bonds is 6. The van der Waals surface area contributed by atoms with Gasteiger partial charge in [-0.3, -0.25) is 4.98 Å². The van der Waals surface area contributed by atoms with E-state index >= 15 is 0 Å². The smallest absolute Gasteiger partial charge is 0.119 e. The van der Waals surface area contributed by atoms with Gasteiger partial charge in [0.15, 0.2) is 0 Å². The highest BCUT2D eigenvalue weighted by Gasteiger charge is 2.11. The monoisotopic (exact) mass is 256 g/mol. The van der Waals surface area contributed by atoms with Crippen molar-refractivity contribution in [1.82, 2.24) is 10.3 Å². The van der Waals surface area contributed by atoms with E-state index in [0.29, 0.717) is 6.61 Å². The summed E-state index contributed by atoms with van der Waals surface area (Å²) in [6.45, 7) is 2.68. The quantitative estimate of drug-likeness (QED) is 0.862. The second-order valence-corrected chi connectivity index (χ2v) is 4.37. The van der Waals surface area contributed by atoms with Crippen LogP contribution in [-0.4, -0.2) is 18.6 Å². The van der Waals surface area contributed by atoms with Crippen LogP contribution in [0, 0.1) is 0 Å². The van der Waals surface area contributed by atoms with E-state index in [1.165, 1.54) is 5.56 Å². The lowest BCUT2D eigenvalue weighted by Gasteiger charge is -2.17. The molecule has 100 valence electrons. The van der Waals surface area contributed by atoms with Gasteiger partial charge in [-0.2, -0.15) is 0 Å². The number of hydrogen-bond donors (Lipinski definition) is 1. The van der Waals surface area contributed by atoms with Gasteiger partial charge >= 0.3 is 0 Å². The Kier molecular flexibility index (Phi) is 4.93. The second kappa shape index (κ2) is 6.90. The van der Waals surface area contributed by atoms with Crippen molar-refractivity contribution in [3.8, 4) is 5.75 Å². The standard InChI is InChI=1S/C16H20N2O/c1-3-19-15-9-6-7-13(11-15)16(17-2)12-14-8-4-5-10-18-14/h4-11,16-17H,3,12H2,1-2H3. The van der Waals surface area contributed by atoms with Gasteiger partial charge in [0.25, 0.3) is 0 Å². The Morgan fingerprint density at radius 1 is 1.21 bits per heavy atom. The summed E-state index contributed by atoms with van der Waals surface area (Å²) in [5.74, 6) is 0.918. The maximum absolute atomic E-state index is 5.55. The summed E-state index contributed by atoms with van der Waals surface area (Å²) in [6, 6.07) is 14.5. The van der Waals surface area contributed by atoms with Crippen LogP contribution < -0.4 is 10.1 Å². The Morgan fingerprint density at radius 2 is 2.11 bits per heavy atom. The molecule has 0 saturated heterocycles. The first-order valence-electron chi connectivity index (χ1n) is 6.63. The average molecular weight is 256 g/mol. The molecule has 0 aliphatic heterocycles. The molecule has 0 fully saturated rings. The zero-order valence-electron chi connectivity index (χ0n) is 11.5. The summed E-state index contributed by atoms with van der Waals surface area (Å²) in [5.41, 5.74) is 2.31. The zero-order chi connectivity index (χ0) is 13.5. The van der Waals surface area contributed by atoms with Gasteiger partial charge in [0.2, 0.25) is 0 Å². The van der Waals surface area contributed by atoms with Gasteiger partial charge < -0.3 is 10.1 Å². The molecule has 1 N–H and O–H groups in total. The predicted molar refractivity (Wildman–Crippen MR) is 77.4 cm³/mol. The fourth-order valence-corrected chi connectivity index (χ4v) is 2.10. The molecule has 2 rings (SSSR count). The van der Waals surface area contributed by atoms with E-state index in [2.05, 4.69) is 28.5 Å². The third-order valence-electron chi connectivity index (χ3n) is 3.06. The lowest BCUT2D eigenvalue weighted by Crippen LogP contribution is -2.19. The first-order valence-corrected chi connectivity index (χ1v) is 6.63. The molecular formula is C16H20N2O. The summed E-state index contributed by atoms with van der Waals surface area (Å²) < 4.78 is 5.55. The minimum Gasteiger partial charge on any atom is -0.494 e. The van der Waals surface area contributed by atoms with E-state index in [-0.39, 0.29) is 6.04 Å². The number of pyridine rings is 1. The average Bonchev–Trinajstić information content (AvgIpc) is 2.46. The van der Waals surface area contributed by atoms with Crippen LogP contribution in [0.3, 0.4) is 0 Å². The van der Waals surface area contributed by atoms with Crippen LogP contribution >= 0.6 is 0 Å². The fraction of sp³-hybridized carbons (Fsp3) is 0.312. The van der Waals surface area contributed by atoms with E-state index in [1.54, 1.807) is 0 Å². The molecule has 2 aromatic rings. The Balaban J connectivity index is 2.15. The lowest BCUT2D eigenvalue weighted by molar-refractivity contribution is 0.339. The van der Waals surface area contributed by atoms with Crippen LogP contribution in [0.25, 0.3) is 0 Å². The van der Waals surface area contributed by atoms with Crippen LogP contribution in [0.1, 0.15) is 24.2 Å². The van der Waals surface area contributed by atoms with Gasteiger partial charge in [0, 0.05) is 24.4 Å². The Hall–Kier alpha value is -1.87. The Labute approximate surface area is 114 Å². The van der Waals surface area contributed by atoms with Crippen molar-refractivity contribution < 1.29 is 4.74 Å². The zero-order valence-corrected chi connectivity index (χ0v) is 11.5. The Morgan fingerprint density at radius 3 is 2.79 bits per heavy atom. The molecule has 0 bridgehead atoms. The molecule has 0 saturated carbocycles. The van der Waals surface area contributed by atoms with Crippen molar-refractivity contribution in [3.05, 3.63) is 59.9 Å². The fourth-order valence-electron chi connectivity index (χ4n) is 2.10. The van der Waals surface area contributed by atoms with Crippen molar-refractivity contribution in [1.29, 1.82) is 0 Å². The predicted octanol–water partition coefficient (Wildman–Crippen LogP) is 2.98. The lowest BCUT2D eigenvalue weighted by atomic mass is 10.0. The molecule has 3 heteroatoms. The molecule has 0 aliphatic rings. The van der Waals surface area contributed by atoms with Gasteiger partial charge in [-0.05, 0) is 43.8 Å². The second-order valence-electron chi connectivity index (χ2n) is 4.37. The van der Waals surface area contributed by atoms with E-state index in [4.69, 9.17) is 4.74 Å². The van der Waals surface area contributed by atoms with Crippen LogP contribution in [0.2, 0.25) is 0 Å². The van der Waals surface area contributed by atoms with Crippen molar-refractivity contribution >= 4 is 0 Å². The van der Waals surface area contributed by atoms with Crippen LogP contribution in [-0.2, 0) is 6.42 Å². The molecule has 1 unspecified atom stereocenters. The van der Waals surface area contributed by atoms with Crippen molar-refractivity contribution in [2.45, 2.75) is 19.4 Å². The van der Waals surface area contributed by atoms with Crippen molar-refractivity contribution in [2.75, 3.05) is 13.7 Å². The van der Waals surface area contributed by atoms with E-state index in [1.807, 2.05) is 44.4 Å². The summed E-state index contributed by atoms with van der Waals surface area (Å²) in [5, 5.41) is 3.34. The van der Waals surface area contributed by atoms with Crippen LogP contribution in [0.4, 0.5) is 0 Å². The van der Waals surface area contributed by atoms with E-state index < -0.39 is 0 Å². The summed E-state index contributed by atoms with van der Waals surface area (Å²) in [4.78, 5) is 4.38. The highest BCUT2D eigenvalue weighted by atomic mass is 16.5. The van der Waals surface area contributed by atoms with E-state index in [0.717, 1.165) is 17.9 Å². The summed E-state index contributed by atoms with van der Waals surface area (Å²) in [6.07, 6.45) is 2.70. The van der Waals surface area contributed by atoms with Gasteiger partial charge in [-0.15, -0.1) is 0 Å². The summed E-state index contributed by atoms with van der Waals surface area (Å²) in [7, 11) is 1.97. The molecular weight excluding hydrogens is 236 g/mol. The highest BCUT2D eigenvalue weighted by molar-refractivity contribution is 5.31. The molecule has 19 heavy (non-hydrogen) atoms. The van der Waals surface area contributed by atoms with Crippen LogP contribution in [0.5, 0.6) is 5.75 Å². The number of nitrogens with zero attached hydrogens (tertiary/aromatic N) is 1. The molecule has 1 heterocycles. The third kappa shape index (κ3) is 3.80. The first kappa shape index (κ1) is 13.6. The SMILES string of the molecule is CCOc1cccc(C(Cc2ccccn2)NC)c1. The third-order valence-corrected chi connectivity index (χ3v) is 3.06. The maximum Gasteiger partial charge on any atom is 0.119 e. The topological polar surface area (TPSA) is 34.1 Å². The molecule has 0 radical (unpaired) electrons. The molecule has 3 nitrogen and oxygen atoms in total. The summed E-state index contributed by atoms with van der Waals surface area (Å²) >= 11 is 0. The van der Waals surface area contributed by atoms with Crippen molar-refractivity contribution in [3.63, 3.8) is 0 Å². The largest absolute Gasteiger partial charge is 0.494 e. The van der Waals surface area contributed by atoms with Gasteiger partial charge in [-0.1, -0.05) is 18.2 Å². The number of hydrogen-bond acceptors (Lipinski definition) is 3. The van der Waals surface area contributed by atoms with Gasteiger partial charge in [0.05, 0.1) is 6.61 Å². The van der Waals surface area contributed by atoms with Crippen molar-refractivity contribution in [2.24, 2.45) is 0 Å². The molecule has 0 spiro atoms. The molecule has 0 amide bonds. The number of likely N-dealkylation sites (N-methyl/N-ethyl adjacent to an activating group) is 1. The molecule has 1 aromatic heterocycles. The Bertz CT molecular complexity index is 499. The minimum atomic E-state index is 0.246. The van der Waals surface area contributed by atoms with Gasteiger partial charge in [-0.25, -0.2) is 0 Å². The number of nitrogens with one attached hydrogen (secondary N) is 1. The number of ether oxygens (including phenoxy) is 1. The maximum atomic E-state index is 5.55. The molecule has 1 aromatic carbocycles. The van der Waals surface area contributed by atoms with E-state index in [9.17, 15) is 0 Å². The minimum absolute atomic E-state index is 0.246. The van der Waals surface area contributed by atoms with Gasteiger partial charge in [0.1, 0.15) is 5.75 Å². The molecule has 1 atom stereocenters. The van der Waals surface area contributed by atoms with Crippen LogP contribution in [0.15, 0.2) is 48.7 Å². The molecule has 0 aliphatic carbocycles. The highest BCUT2D eigenvalue weighted by Crippen LogP contribution is 2.21.